The van der Waals surface area contributed by atoms with Gasteiger partial charge in [0.2, 0.25) is 0 Å². The molecular formula is C21H21Cl2N3O3. The van der Waals surface area contributed by atoms with Crippen LogP contribution in [-0.2, 0) is 10.5 Å². The predicted octanol–water partition coefficient (Wildman–Crippen LogP) is 4.64. The molecule has 0 bridgehead atoms. The summed E-state index contributed by atoms with van der Waals surface area (Å²) >= 11 is 12.1. The largest absolute Gasteiger partial charge is 0.359 e. The van der Waals surface area contributed by atoms with Gasteiger partial charge >= 0.3 is 6.03 Å². The smallest absolute Gasteiger partial charge is 0.329 e. The average molecular weight is 434 g/mol. The van der Waals surface area contributed by atoms with Crippen molar-refractivity contribution in [1.29, 1.82) is 0 Å². The fourth-order valence-electron chi connectivity index (χ4n) is 4.02. The molecule has 152 valence electrons. The summed E-state index contributed by atoms with van der Waals surface area (Å²) in [5.74, 6) is -0.641. The Kier molecular flexibility index (Phi) is 5.42. The van der Waals surface area contributed by atoms with Gasteiger partial charge in [-0.2, -0.15) is 0 Å². The molecule has 1 aliphatic heterocycles. The van der Waals surface area contributed by atoms with Gasteiger partial charge in [-0.1, -0.05) is 60.7 Å². The first-order valence-corrected chi connectivity index (χ1v) is 10.4. The van der Waals surface area contributed by atoms with Gasteiger partial charge in [0, 0.05) is 11.6 Å². The van der Waals surface area contributed by atoms with Crippen LogP contribution >= 0.6 is 23.2 Å². The van der Waals surface area contributed by atoms with E-state index in [1.807, 2.05) is 0 Å². The first kappa shape index (κ1) is 20.0. The first-order chi connectivity index (χ1) is 13.9. The number of nitrogens with zero attached hydrogens (tertiary/aromatic N) is 1. The second-order valence-electron chi connectivity index (χ2n) is 7.39. The van der Waals surface area contributed by atoms with Gasteiger partial charge in [-0.15, -0.1) is 0 Å². The lowest BCUT2D eigenvalue weighted by atomic mass is 9.92. The molecule has 1 aliphatic carbocycles. The lowest BCUT2D eigenvalue weighted by Gasteiger charge is -2.43. The summed E-state index contributed by atoms with van der Waals surface area (Å²) in [6.45, 7) is 0. The van der Waals surface area contributed by atoms with Gasteiger partial charge in [-0.05, 0) is 37.1 Å². The number of hydrogen-bond acceptors (Lipinski definition) is 3. The number of urea groups is 1. The van der Waals surface area contributed by atoms with Crippen molar-refractivity contribution in [3.05, 3.63) is 58.1 Å². The van der Waals surface area contributed by atoms with E-state index in [0.717, 1.165) is 37.0 Å². The highest BCUT2D eigenvalue weighted by molar-refractivity contribution is 6.42. The maximum absolute atomic E-state index is 13.4. The van der Waals surface area contributed by atoms with Crippen LogP contribution in [0.4, 0.5) is 16.2 Å². The second-order valence-corrected chi connectivity index (χ2v) is 8.20. The van der Waals surface area contributed by atoms with Crippen molar-refractivity contribution in [3.63, 3.8) is 0 Å². The van der Waals surface area contributed by atoms with Crippen LogP contribution in [-0.4, -0.2) is 23.1 Å². The van der Waals surface area contributed by atoms with Gasteiger partial charge in [-0.3, -0.25) is 9.69 Å². The van der Waals surface area contributed by atoms with E-state index >= 15 is 0 Å². The van der Waals surface area contributed by atoms with Crippen LogP contribution < -0.4 is 15.5 Å². The van der Waals surface area contributed by atoms with Crippen LogP contribution in [0.5, 0.6) is 0 Å². The predicted molar refractivity (Wildman–Crippen MR) is 113 cm³/mol. The number of carbonyl (C=O) groups excluding carboxylic acids is 2. The minimum atomic E-state index is -2.23. The minimum Gasteiger partial charge on any atom is -0.359 e. The van der Waals surface area contributed by atoms with Crippen LogP contribution in [0.3, 0.4) is 0 Å². The normalized spacial score (nSPS) is 22.0. The van der Waals surface area contributed by atoms with Crippen LogP contribution in [0, 0.1) is 0 Å². The Morgan fingerprint density at radius 2 is 1.83 bits per heavy atom. The van der Waals surface area contributed by atoms with Crippen LogP contribution in [0.2, 0.25) is 10.0 Å². The van der Waals surface area contributed by atoms with Crippen molar-refractivity contribution < 1.29 is 14.7 Å². The van der Waals surface area contributed by atoms with E-state index in [4.69, 9.17) is 23.2 Å². The molecule has 0 aromatic heterocycles. The molecule has 1 atom stereocenters. The molecule has 0 saturated heterocycles. The van der Waals surface area contributed by atoms with E-state index in [0.29, 0.717) is 16.3 Å². The molecule has 3 N–H and O–H groups in total. The first-order valence-electron chi connectivity index (χ1n) is 9.60. The van der Waals surface area contributed by atoms with Crippen LogP contribution in [0.25, 0.3) is 0 Å². The van der Waals surface area contributed by atoms with E-state index in [9.17, 15) is 14.7 Å². The number of amides is 3. The number of benzene rings is 2. The summed E-state index contributed by atoms with van der Waals surface area (Å²) in [5.41, 5.74) is -1.30. The van der Waals surface area contributed by atoms with Crippen molar-refractivity contribution in [2.75, 3.05) is 10.2 Å². The molecule has 29 heavy (non-hydrogen) atoms. The molecular weight excluding hydrogens is 413 g/mol. The summed E-state index contributed by atoms with van der Waals surface area (Å²) in [6, 6.07) is 10.6. The van der Waals surface area contributed by atoms with Crippen molar-refractivity contribution in [1.82, 2.24) is 5.32 Å². The molecule has 2 aromatic carbocycles. The van der Waals surface area contributed by atoms with Gasteiger partial charge in [-0.25, -0.2) is 4.79 Å². The standard InChI is InChI=1S/C21H21Cl2N3O3/c22-16-11-10-14(12-17(16)23)26-20(28)25-18-9-5-4-8-15(18)21(26,29)19(27)24-13-6-2-1-3-7-13/h4-5,8-13,29H,1-3,6-7H2,(H,24,27)(H,25,28)/t21-/m0/s1. The molecule has 1 heterocycles. The molecule has 3 amide bonds. The molecule has 2 aromatic rings. The molecule has 1 saturated carbocycles. The molecule has 1 fully saturated rings. The Morgan fingerprint density at radius 1 is 1.10 bits per heavy atom. The van der Waals surface area contributed by atoms with E-state index in [1.54, 1.807) is 30.3 Å². The lowest BCUT2D eigenvalue weighted by Crippen LogP contribution is -2.63. The summed E-state index contributed by atoms with van der Waals surface area (Å²) in [7, 11) is 0. The molecule has 4 rings (SSSR count). The maximum atomic E-state index is 13.4. The quantitative estimate of drug-likeness (QED) is 0.659. The monoisotopic (exact) mass is 433 g/mol. The minimum absolute atomic E-state index is 0.0342. The highest BCUT2D eigenvalue weighted by Crippen LogP contribution is 2.41. The highest BCUT2D eigenvalue weighted by atomic mass is 35.5. The lowest BCUT2D eigenvalue weighted by molar-refractivity contribution is -0.141. The average Bonchev–Trinajstić information content (AvgIpc) is 2.71. The number of para-hydroxylation sites is 1. The molecule has 0 unspecified atom stereocenters. The van der Waals surface area contributed by atoms with E-state index in [1.165, 1.54) is 12.1 Å². The van der Waals surface area contributed by atoms with Gasteiger partial charge in [0.1, 0.15) is 0 Å². The van der Waals surface area contributed by atoms with Crippen molar-refractivity contribution in [3.8, 4) is 0 Å². The van der Waals surface area contributed by atoms with Crippen LogP contribution in [0.1, 0.15) is 37.7 Å². The van der Waals surface area contributed by atoms with Crippen molar-refractivity contribution in [2.24, 2.45) is 0 Å². The second kappa shape index (κ2) is 7.86. The van der Waals surface area contributed by atoms with Crippen LogP contribution in [0.15, 0.2) is 42.5 Å². The number of nitrogens with one attached hydrogen (secondary N) is 2. The molecule has 0 spiro atoms. The van der Waals surface area contributed by atoms with Gasteiger partial charge in [0.15, 0.2) is 0 Å². The topological polar surface area (TPSA) is 81.7 Å². The Balaban J connectivity index is 1.80. The molecule has 6 nitrogen and oxygen atoms in total. The Labute approximate surface area is 178 Å². The zero-order valence-corrected chi connectivity index (χ0v) is 17.1. The van der Waals surface area contributed by atoms with Crippen molar-refractivity contribution in [2.45, 2.75) is 43.9 Å². The third-order valence-electron chi connectivity index (χ3n) is 5.49. The fourth-order valence-corrected chi connectivity index (χ4v) is 4.31. The fraction of sp³-hybridized carbons (Fsp3) is 0.333. The number of hydrogen-bond donors (Lipinski definition) is 3. The van der Waals surface area contributed by atoms with Gasteiger partial charge in [0.05, 0.1) is 21.4 Å². The number of fused-ring (bicyclic) bond motifs is 1. The number of anilines is 2. The van der Waals surface area contributed by atoms with Gasteiger partial charge in [0.25, 0.3) is 11.6 Å². The SMILES string of the molecule is O=C1Nc2ccccc2[C@](O)(C(=O)NC2CCCCC2)N1c1ccc(Cl)c(Cl)c1. The summed E-state index contributed by atoms with van der Waals surface area (Å²) in [5, 5.41) is 17.9. The number of carbonyl (C=O) groups is 2. The maximum Gasteiger partial charge on any atom is 0.329 e. The summed E-state index contributed by atoms with van der Waals surface area (Å²) < 4.78 is 0. The molecule has 8 heteroatoms. The number of aliphatic hydroxyl groups is 1. The Hall–Kier alpha value is -2.28. The zero-order valence-electron chi connectivity index (χ0n) is 15.6. The summed E-state index contributed by atoms with van der Waals surface area (Å²) in [4.78, 5) is 27.4. The molecule has 0 radical (unpaired) electrons. The highest BCUT2D eigenvalue weighted by Gasteiger charge is 2.52. The number of rotatable bonds is 3. The van der Waals surface area contributed by atoms with Crippen molar-refractivity contribution >= 4 is 46.5 Å². The summed E-state index contributed by atoms with van der Waals surface area (Å²) in [6.07, 6.45) is 4.88. The van der Waals surface area contributed by atoms with E-state index < -0.39 is 17.7 Å². The number of halogens is 2. The zero-order chi connectivity index (χ0) is 20.6. The Morgan fingerprint density at radius 3 is 2.55 bits per heavy atom. The molecule has 2 aliphatic rings. The van der Waals surface area contributed by atoms with E-state index in [2.05, 4.69) is 10.6 Å². The third-order valence-corrected chi connectivity index (χ3v) is 6.23. The van der Waals surface area contributed by atoms with E-state index in [-0.39, 0.29) is 16.8 Å². The third kappa shape index (κ3) is 3.56. The van der Waals surface area contributed by atoms with Gasteiger partial charge < -0.3 is 15.7 Å². The Bertz CT molecular complexity index is 962.